The molecule has 1 aliphatic rings. The lowest BCUT2D eigenvalue weighted by Crippen LogP contribution is -2.51. The monoisotopic (exact) mass is 281 g/mol. The number of nitrogens with zero attached hydrogens (tertiary/aromatic N) is 2. The molecule has 3 nitrogen and oxygen atoms in total. The summed E-state index contributed by atoms with van der Waals surface area (Å²) in [4.78, 5) is 5.02. The van der Waals surface area contributed by atoms with Crippen molar-refractivity contribution in [3.63, 3.8) is 0 Å². The van der Waals surface area contributed by atoms with Gasteiger partial charge in [-0.05, 0) is 75.9 Å². The fourth-order valence-corrected chi connectivity index (χ4v) is 3.73. The summed E-state index contributed by atoms with van der Waals surface area (Å²) >= 11 is 1.80. The van der Waals surface area contributed by atoms with Gasteiger partial charge in [-0.1, -0.05) is 0 Å². The summed E-state index contributed by atoms with van der Waals surface area (Å²) < 4.78 is 0. The molecule has 0 aliphatic carbocycles. The molecule has 2 atom stereocenters. The Morgan fingerprint density at radius 1 is 1.42 bits per heavy atom. The minimum absolute atomic E-state index is 0.574. The Morgan fingerprint density at radius 2 is 2.26 bits per heavy atom. The highest BCUT2D eigenvalue weighted by Crippen LogP contribution is 2.16. The SMILES string of the molecule is CNC(CCc1ccsc1)C1CN(C)CCCN1C. The Labute approximate surface area is 121 Å². The van der Waals surface area contributed by atoms with Gasteiger partial charge in [-0.15, -0.1) is 0 Å². The van der Waals surface area contributed by atoms with Gasteiger partial charge < -0.3 is 15.1 Å². The Balaban J connectivity index is 1.94. The van der Waals surface area contributed by atoms with Crippen molar-refractivity contribution in [1.82, 2.24) is 15.1 Å². The maximum Gasteiger partial charge on any atom is 0.0373 e. The molecule has 2 unspecified atom stereocenters. The summed E-state index contributed by atoms with van der Waals surface area (Å²) in [5, 5.41) is 8.00. The van der Waals surface area contributed by atoms with E-state index in [9.17, 15) is 0 Å². The van der Waals surface area contributed by atoms with Crippen molar-refractivity contribution in [2.45, 2.75) is 31.3 Å². The summed E-state index contributed by atoms with van der Waals surface area (Å²) in [5.41, 5.74) is 1.48. The minimum atomic E-state index is 0.574. The number of hydrogen-bond acceptors (Lipinski definition) is 4. The van der Waals surface area contributed by atoms with Crippen LogP contribution in [0.25, 0.3) is 0 Å². The van der Waals surface area contributed by atoms with E-state index in [1.54, 1.807) is 11.3 Å². The molecule has 0 bridgehead atoms. The summed E-state index contributed by atoms with van der Waals surface area (Å²) in [6.07, 6.45) is 3.68. The summed E-state index contributed by atoms with van der Waals surface area (Å²) in [6.45, 7) is 3.61. The van der Waals surface area contributed by atoms with Crippen molar-refractivity contribution in [3.8, 4) is 0 Å². The number of nitrogens with one attached hydrogen (secondary N) is 1. The Bertz CT molecular complexity index is 352. The highest BCUT2D eigenvalue weighted by molar-refractivity contribution is 7.07. The van der Waals surface area contributed by atoms with Crippen LogP contribution < -0.4 is 5.32 Å². The van der Waals surface area contributed by atoms with Crippen molar-refractivity contribution in [2.24, 2.45) is 0 Å². The van der Waals surface area contributed by atoms with Gasteiger partial charge in [0.05, 0.1) is 0 Å². The third-order valence-electron chi connectivity index (χ3n) is 4.27. The second-order valence-electron chi connectivity index (χ2n) is 5.73. The van der Waals surface area contributed by atoms with E-state index in [2.05, 4.69) is 53.1 Å². The van der Waals surface area contributed by atoms with Crippen LogP contribution in [0.4, 0.5) is 0 Å². The van der Waals surface area contributed by atoms with Crippen LogP contribution in [0.3, 0.4) is 0 Å². The zero-order valence-electron chi connectivity index (χ0n) is 12.4. The molecule has 1 saturated heterocycles. The van der Waals surface area contributed by atoms with E-state index in [1.807, 2.05) is 0 Å². The van der Waals surface area contributed by atoms with Crippen LogP contribution >= 0.6 is 11.3 Å². The molecular formula is C15H27N3S. The molecule has 1 N–H and O–H groups in total. The van der Waals surface area contributed by atoms with Gasteiger partial charge in [0.1, 0.15) is 0 Å². The highest BCUT2D eigenvalue weighted by atomic mass is 32.1. The summed E-state index contributed by atoms with van der Waals surface area (Å²) in [7, 11) is 6.63. The molecule has 0 saturated carbocycles. The topological polar surface area (TPSA) is 18.5 Å². The van der Waals surface area contributed by atoms with E-state index in [4.69, 9.17) is 0 Å². The predicted molar refractivity (Wildman–Crippen MR) is 84.0 cm³/mol. The van der Waals surface area contributed by atoms with Crippen molar-refractivity contribution in [1.29, 1.82) is 0 Å². The fraction of sp³-hybridized carbons (Fsp3) is 0.733. The number of thiophene rings is 1. The van der Waals surface area contributed by atoms with Crippen LogP contribution in [0.1, 0.15) is 18.4 Å². The lowest BCUT2D eigenvalue weighted by Gasteiger charge is -2.34. The first-order valence-electron chi connectivity index (χ1n) is 7.28. The maximum absolute atomic E-state index is 3.55. The normalized spacial score (nSPS) is 24.3. The van der Waals surface area contributed by atoms with Crippen LogP contribution in [0.15, 0.2) is 16.8 Å². The molecule has 4 heteroatoms. The molecular weight excluding hydrogens is 254 g/mol. The van der Waals surface area contributed by atoms with Crippen LogP contribution in [-0.2, 0) is 6.42 Å². The number of rotatable bonds is 5. The standard InChI is InChI=1S/C15H27N3S/c1-16-14(6-5-13-7-10-19-12-13)15-11-17(2)8-4-9-18(15)3/h7,10,12,14-16H,4-6,8-9,11H2,1-3H3. The third-order valence-corrected chi connectivity index (χ3v) is 5.01. The van der Waals surface area contributed by atoms with Crippen LogP contribution in [0.2, 0.25) is 0 Å². The summed E-state index contributed by atoms with van der Waals surface area (Å²) in [5.74, 6) is 0. The van der Waals surface area contributed by atoms with Crippen LogP contribution in [-0.4, -0.2) is 62.7 Å². The van der Waals surface area contributed by atoms with Gasteiger partial charge in [0.25, 0.3) is 0 Å². The van der Waals surface area contributed by atoms with Gasteiger partial charge in [-0.3, -0.25) is 0 Å². The first-order chi connectivity index (χ1) is 9.20. The molecule has 1 fully saturated rings. The van der Waals surface area contributed by atoms with E-state index < -0.39 is 0 Å². The van der Waals surface area contributed by atoms with E-state index in [0.717, 1.165) is 0 Å². The van der Waals surface area contributed by atoms with Crippen molar-refractivity contribution in [3.05, 3.63) is 22.4 Å². The molecule has 0 radical (unpaired) electrons. The quantitative estimate of drug-likeness (QED) is 0.889. The minimum Gasteiger partial charge on any atom is -0.315 e. The van der Waals surface area contributed by atoms with Gasteiger partial charge in [0.2, 0.25) is 0 Å². The second kappa shape index (κ2) is 7.39. The van der Waals surface area contributed by atoms with E-state index in [0.29, 0.717) is 12.1 Å². The largest absolute Gasteiger partial charge is 0.315 e. The van der Waals surface area contributed by atoms with Crippen molar-refractivity contribution < 1.29 is 0 Å². The molecule has 0 spiro atoms. The molecule has 1 aromatic rings. The Kier molecular flexibility index (Phi) is 5.82. The average Bonchev–Trinajstić information content (AvgIpc) is 2.85. The van der Waals surface area contributed by atoms with Crippen molar-refractivity contribution in [2.75, 3.05) is 40.8 Å². The lowest BCUT2D eigenvalue weighted by atomic mass is 9.99. The van der Waals surface area contributed by atoms with Gasteiger partial charge in [-0.2, -0.15) is 11.3 Å². The maximum atomic E-state index is 3.55. The Morgan fingerprint density at radius 3 is 2.95 bits per heavy atom. The van der Waals surface area contributed by atoms with Crippen LogP contribution in [0, 0.1) is 0 Å². The molecule has 1 aromatic heterocycles. The molecule has 2 heterocycles. The Hall–Kier alpha value is -0.420. The molecule has 0 amide bonds. The predicted octanol–water partition coefficient (Wildman–Crippen LogP) is 1.90. The zero-order valence-corrected chi connectivity index (χ0v) is 13.2. The zero-order chi connectivity index (χ0) is 13.7. The van der Waals surface area contributed by atoms with E-state index >= 15 is 0 Å². The molecule has 1 aliphatic heterocycles. The van der Waals surface area contributed by atoms with E-state index in [1.165, 1.54) is 44.5 Å². The third kappa shape index (κ3) is 4.28. The smallest absolute Gasteiger partial charge is 0.0373 e. The van der Waals surface area contributed by atoms with Crippen molar-refractivity contribution >= 4 is 11.3 Å². The number of likely N-dealkylation sites (N-methyl/N-ethyl adjacent to an activating group) is 3. The summed E-state index contributed by atoms with van der Waals surface area (Å²) in [6, 6.07) is 3.45. The second-order valence-corrected chi connectivity index (χ2v) is 6.51. The average molecular weight is 281 g/mol. The van der Waals surface area contributed by atoms with Crippen LogP contribution in [0.5, 0.6) is 0 Å². The number of aryl methyl sites for hydroxylation is 1. The molecule has 2 rings (SSSR count). The van der Waals surface area contributed by atoms with Gasteiger partial charge in [0.15, 0.2) is 0 Å². The first-order valence-corrected chi connectivity index (χ1v) is 8.22. The van der Waals surface area contributed by atoms with Gasteiger partial charge in [0, 0.05) is 18.6 Å². The van der Waals surface area contributed by atoms with E-state index in [-0.39, 0.29) is 0 Å². The highest BCUT2D eigenvalue weighted by Gasteiger charge is 2.27. The number of hydrogen-bond donors (Lipinski definition) is 1. The molecule has 19 heavy (non-hydrogen) atoms. The van der Waals surface area contributed by atoms with Gasteiger partial charge >= 0.3 is 0 Å². The lowest BCUT2D eigenvalue weighted by molar-refractivity contribution is 0.177. The fourth-order valence-electron chi connectivity index (χ4n) is 3.03. The molecule has 108 valence electrons. The first kappa shape index (κ1) is 15.0. The molecule has 0 aromatic carbocycles. The van der Waals surface area contributed by atoms with Gasteiger partial charge in [-0.25, -0.2) is 0 Å².